The number of anilines is 1. The molecule has 0 fully saturated rings. The second-order valence-electron chi connectivity index (χ2n) is 4.78. The van der Waals surface area contributed by atoms with Crippen molar-refractivity contribution in [3.63, 3.8) is 0 Å². The van der Waals surface area contributed by atoms with Gasteiger partial charge in [-0.1, -0.05) is 11.8 Å². The van der Waals surface area contributed by atoms with Crippen LogP contribution in [0.3, 0.4) is 0 Å². The van der Waals surface area contributed by atoms with E-state index in [4.69, 9.17) is 10.5 Å². The van der Waals surface area contributed by atoms with Crippen LogP contribution < -0.4 is 10.5 Å². The van der Waals surface area contributed by atoms with Crippen molar-refractivity contribution >= 4 is 45.1 Å². The number of rotatable bonds is 5. The maximum absolute atomic E-state index is 11.3. The quantitative estimate of drug-likeness (QED) is 0.597. The number of hydrogen-bond donors (Lipinski definition) is 3. The lowest BCUT2D eigenvalue weighted by Crippen LogP contribution is -1.98. The summed E-state index contributed by atoms with van der Waals surface area (Å²) < 4.78 is 5.17. The van der Waals surface area contributed by atoms with Gasteiger partial charge in [0.2, 0.25) is 0 Å². The average Bonchev–Trinajstić information content (AvgIpc) is 3.11. The molecule has 122 valence electrons. The minimum absolute atomic E-state index is 0.0920. The highest BCUT2D eigenvalue weighted by Crippen LogP contribution is 2.35. The van der Waals surface area contributed by atoms with Gasteiger partial charge in [-0.05, 0) is 12.1 Å². The van der Waals surface area contributed by atoms with E-state index in [1.54, 1.807) is 7.11 Å². The first-order chi connectivity index (χ1) is 11.5. The average molecular weight is 360 g/mol. The number of fused-ring (bicyclic) bond motifs is 1. The molecule has 0 bridgehead atoms. The van der Waals surface area contributed by atoms with E-state index >= 15 is 0 Å². The third kappa shape index (κ3) is 2.89. The van der Waals surface area contributed by atoms with E-state index in [1.165, 1.54) is 11.8 Å². The minimum atomic E-state index is -1.09. The number of carbonyl (C=O) groups is 1. The third-order valence-corrected chi connectivity index (χ3v) is 5.31. The van der Waals surface area contributed by atoms with Crippen LogP contribution in [-0.2, 0) is 5.75 Å². The molecule has 2 aromatic heterocycles. The highest BCUT2D eigenvalue weighted by atomic mass is 32.2. The van der Waals surface area contributed by atoms with Gasteiger partial charge in [-0.3, -0.25) is 0 Å². The summed E-state index contributed by atoms with van der Waals surface area (Å²) in [6, 6.07) is 7.46. The molecule has 0 aliphatic carbocycles. The molecule has 1 aromatic carbocycles. The molecular formula is C15H12N4O3S2. The maximum atomic E-state index is 11.3. The van der Waals surface area contributed by atoms with Crippen LogP contribution in [0.15, 0.2) is 23.4 Å². The highest BCUT2D eigenvalue weighted by molar-refractivity contribution is 7.98. The Balaban J connectivity index is 1.88. The number of methoxy groups -OCH3 is 1. The van der Waals surface area contributed by atoms with Crippen LogP contribution >= 0.6 is 23.1 Å². The molecule has 9 heteroatoms. The number of nitrogens with zero attached hydrogens (tertiary/aromatic N) is 2. The van der Waals surface area contributed by atoms with Crippen LogP contribution in [0.1, 0.15) is 20.8 Å². The number of hydrogen-bond acceptors (Lipinski definition) is 7. The minimum Gasteiger partial charge on any atom is -0.497 e. The third-order valence-electron chi connectivity index (χ3n) is 3.36. The fourth-order valence-corrected chi connectivity index (χ4v) is 4.10. The molecule has 0 atom stereocenters. The number of aromatic nitrogens is 2. The number of carboxylic acids is 1. The van der Waals surface area contributed by atoms with E-state index in [0.717, 1.165) is 22.4 Å². The van der Waals surface area contributed by atoms with Crippen molar-refractivity contribution in [3.8, 4) is 11.8 Å². The molecule has 0 radical (unpaired) electrons. The Morgan fingerprint density at radius 1 is 1.58 bits per heavy atom. The highest BCUT2D eigenvalue weighted by Gasteiger charge is 2.21. The molecule has 7 nitrogen and oxygen atoms in total. The number of H-pyrrole nitrogens is 1. The number of nitrogen functional groups attached to an aromatic ring is 1. The van der Waals surface area contributed by atoms with Gasteiger partial charge >= 0.3 is 5.97 Å². The lowest BCUT2D eigenvalue weighted by Gasteiger charge is -1.99. The largest absolute Gasteiger partial charge is 0.497 e. The fraction of sp³-hybridized carbons (Fsp3) is 0.133. The van der Waals surface area contributed by atoms with Gasteiger partial charge in [0.05, 0.1) is 23.7 Å². The number of nitriles is 1. The van der Waals surface area contributed by atoms with Gasteiger partial charge in [-0.2, -0.15) is 5.26 Å². The first kappa shape index (κ1) is 16.2. The van der Waals surface area contributed by atoms with E-state index in [0.29, 0.717) is 16.5 Å². The van der Waals surface area contributed by atoms with Crippen LogP contribution in [-0.4, -0.2) is 28.2 Å². The second kappa shape index (κ2) is 6.43. The first-order valence-electron chi connectivity index (χ1n) is 6.74. The van der Waals surface area contributed by atoms with E-state index in [1.807, 2.05) is 24.3 Å². The number of aromatic amines is 1. The number of benzene rings is 1. The standard InChI is InChI=1S/C15H12N4O3S2/c1-22-7-2-3-10-11(4-7)19-15(18-10)23-6-9-8(5-16)13(17)24-12(9)14(20)21/h2-4H,6,17H2,1H3,(H,18,19)(H,20,21). The Hall–Kier alpha value is -2.70. The van der Waals surface area contributed by atoms with Gasteiger partial charge in [0.15, 0.2) is 5.16 Å². The molecule has 0 amide bonds. The topological polar surface area (TPSA) is 125 Å². The second-order valence-corrected chi connectivity index (χ2v) is 6.80. The lowest BCUT2D eigenvalue weighted by molar-refractivity contribution is 0.0701. The van der Waals surface area contributed by atoms with Crippen LogP contribution in [0.4, 0.5) is 5.00 Å². The van der Waals surface area contributed by atoms with Crippen LogP contribution in [0.2, 0.25) is 0 Å². The summed E-state index contributed by atoms with van der Waals surface area (Å²) in [7, 11) is 1.59. The first-order valence-corrected chi connectivity index (χ1v) is 8.54. The number of nitrogens with two attached hydrogens (primary N) is 1. The predicted molar refractivity (Wildman–Crippen MR) is 92.6 cm³/mol. The number of carboxylic acid groups (broad SMARTS) is 1. The Morgan fingerprint density at radius 2 is 2.38 bits per heavy atom. The molecule has 2 heterocycles. The zero-order valence-electron chi connectivity index (χ0n) is 12.5. The molecule has 24 heavy (non-hydrogen) atoms. The SMILES string of the molecule is COc1ccc2nc(SCc3c(C(=O)O)sc(N)c3C#N)[nH]c2c1. The number of aromatic carboxylic acids is 1. The van der Waals surface area contributed by atoms with Gasteiger partial charge < -0.3 is 20.6 Å². The molecule has 0 saturated carbocycles. The molecular weight excluding hydrogens is 348 g/mol. The summed E-state index contributed by atoms with van der Waals surface area (Å²) in [6.45, 7) is 0. The van der Waals surface area contributed by atoms with E-state index in [2.05, 4.69) is 9.97 Å². The van der Waals surface area contributed by atoms with Crippen molar-refractivity contribution in [1.82, 2.24) is 9.97 Å². The molecule has 0 spiro atoms. The van der Waals surface area contributed by atoms with E-state index < -0.39 is 5.97 Å². The van der Waals surface area contributed by atoms with E-state index in [-0.39, 0.29) is 21.2 Å². The lowest BCUT2D eigenvalue weighted by atomic mass is 10.2. The summed E-state index contributed by atoms with van der Waals surface area (Å²) in [4.78, 5) is 19.0. The zero-order chi connectivity index (χ0) is 17.3. The Morgan fingerprint density at radius 3 is 3.04 bits per heavy atom. The zero-order valence-corrected chi connectivity index (χ0v) is 14.1. The van der Waals surface area contributed by atoms with E-state index in [9.17, 15) is 15.2 Å². The van der Waals surface area contributed by atoms with Crippen LogP contribution in [0, 0.1) is 11.3 Å². The summed E-state index contributed by atoms with van der Waals surface area (Å²) in [5.41, 5.74) is 7.99. The monoisotopic (exact) mass is 360 g/mol. The number of thiophene rings is 1. The van der Waals surface area contributed by atoms with Crippen LogP contribution in [0.5, 0.6) is 5.75 Å². The summed E-state index contributed by atoms with van der Waals surface area (Å²) in [6.07, 6.45) is 0. The Kier molecular flexibility index (Phi) is 4.33. The van der Waals surface area contributed by atoms with Crippen molar-refractivity contribution in [1.29, 1.82) is 5.26 Å². The molecule has 3 rings (SSSR count). The van der Waals surface area contributed by atoms with Gasteiger partial charge in [0.25, 0.3) is 0 Å². The Labute approximate surface area is 145 Å². The molecule has 4 N–H and O–H groups in total. The molecule has 0 saturated heterocycles. The van der Waals surface area contributed by atoms with Gasteiger partial charge in [0.1, 0.15) is 21.7 Å². The summed E-state index contributed by atoms with van der Waals surface area (Å²) >= 11 is 2.23. The number of thioether (sulfide) groups is 1. The molecule has 0 unspecified atom stereocenters. The van der Waals surface area contributed by atoms with Crippen molar-refractivity contribution in [2.24, 2.45) is 0 Å². The maximum Gasteiger partial charge on any atom is 0.346 e. The molecule has 0 aliphatic heterocycles. The normalized spacial score (nSPS) is 10.7. The van der Waals surface area contributed by atoms with Crippen LogP contribution in [0.25, 0.3) is 11.0 Å². The number of nitrogens with one attached hydrogen (secondary N) is 1. The number of imidazole rings is 1. The molecule has 3 aromatic rings. The van der Waals surface area contributed by atoms with Crippen molar-refractivity contribution in [2.45, 2.75) is 10.9 Å². The van der Waals surface area contributed by atoms with Crippen molar-refractivity contribution in [2.75, 3.05) is 12.8 Å². The number of ether oxygens (including phenoxy) is 1. The summed E-state index contributed by atoms with van der Waals surface area (Å²) in [5, 5.41) is 19.3. The van der Waals surface area contributed by atoms with Gasteiger partial charge in [-0.25, -0.2) is 9.78 Å². The Bertz CT molecular complexity index is 971. The molecule has 0 aliphatic rings. The van der Waals surface area contributed by atoms with Gasteiger partial charge in [0, 0.05) is 17.4 Å². The smallest absolute Gasteiger partial charge is 0.346 e. The summed E-state index contributed by atoms with van der Waals surface area (Å²) in [5.74, 6) is -0.0822. The fourth-order valence-electron chi connectivity index (χ4n) is 2.22. The van der Waals surface area contributed by atoms with Crippen molar-refractivity contribution in [3.05, 3.63) is 34.2 Å². The van der Waals surface area contributed by atoms with Crippen molar-refractivity contribution < 1.29 is 14.6 Å². The van der Waals surface area contributed by atoms with Gasteiger partial charge in [-0.15, -0.1) is 11.3 Å². The predicted octanol–water partition coefficient (Wildman–Crippen LogP) is 3.08.